The maximum atomic E-state index is 13.0. The van der Waals surface area contributed by atoms with Crippen molar-refractivity contribution >= 4 is 17.0 Å². The molecule has 4 aromatic rings. The number of rotatable bonds is 6. The number of para-hydroxylation sites is 2. The molecule has 0 atom stereocenters. The molecule has 2 heterocycles. The maximum absolute atomic E-state index is 13.0. The van der Waals surface area contributed by atoms with Crippen LogP contribution in [0.2, 0.25) is 0 Å². The van der Waals surface area contributed by atoms with Gasteiger partial charge in [0.1, 0.15) is 5.52 Å². The zero-order chi connectivity index (χ0) is 21.8. The average Bonchev–Trinajstić information content (AvgIpc) is 3.30. The van der Waals surface area contributed by atoms with E-state index in [0.29, 0.717) is 6.54 Å². The monoisotopic (exact) mass is 425 g/mol. The summed E-state index contributed by atoms with van der Waals surface area (Å²) in [6, 6.07) is 28.4. The van der Waals surface area contributed by atoms with Gasteiger partial charge in [0.15, 0.2) is 11.5 Å². The van der Waals surface area contributed by atoms with Crippen molar-refractivity contribution in [2.75, 3.05) is 19.6 Å². The Morgan fingerprint density at radius 3 is 2.12 bits per heavy atom. The normalized spacial score (nSPS) is 14.8. The van der Waals surface area contributed by atoms with Crippen molar-refractivity contribution < 1.29 is 9.21 Å². The number of carbonyl (C=O) groups is 1. The van der Waals surface area contributed by atoms with Gasteiger partial charge in [-0.05, 0) is 36.1 Å². The fraction of sp³-hybridized carbons (Fsp3) is 0.259. The molecule has 32 heavy (non-hydrogen) atoms. The van der Waals surface area contributed by atoms with Crippen LogP contribution in [-0.4, -0.2) is 35.4 Å². The van der Waals surface area contributed by atoms with E-state index in [1.165, 1.54) is 0 Å². The fourth-order valence-electron chi connectivity index (χ4n) is 4.46. The molecule has 5 nitrogen and oxygen atoms in total. The van der Waals surface area contributed by atoms with E-state index in [0.717, 1.165) is 54.0 Å². The Balaban J connectivity index is 1.20. The van der Waals surface area contributed by atoms with Crippen LogP contribution in [-0.2, 0) is 4.79 Å². The van der Waals surface area contributed by atoms with Gasteiger partial charge in [-0.3, -0.25) is 10.1 Å². The lowest BCUT2D eigenvalue weighted by Crippen LogP contribution is -2.43. The Kier molecular flexibility index (Phi) is 5.99. The fourth-order valence-corrected chi connectivity index (χ4v) is 4.46. The van der Waals surface area contributed by atoms with Crippen LogP contribution < -0.4 is 5.32 Å². The van der Waals surface area contributed by atoms with Gasteiger partial charge in [-0.15, -0.1) is 0 Å². The molecule has 5 heteroatoms. The number of benzene rings is 3. The largest absolute Gasteiger partial charge is 0.440 e. The van der Waals surface area contributed by atoms with Gasteiger partial charge in [-0.2, -0.15) is 0 Å². The highest BCUT2D eigenvalue weighted by Gasteiger charge is 2.27. The number of fused-ring (bicyclic) bond motifs is 1. The van der Waals surface area contributed by atoms with Crippen molar-refractivity contribution in [2.45, 2.75) is 24.8 Å². The van der Waals surface area contributed by atoms with E-state index >= 15 is 0 Å². The highest BCUT2D eigenvalue weighted by molar-refractivity contribution is 5.78. The smallest absolute Gasteiger partial charge is 0.236 e. The predicted molar refractivity (Wildman–Crippen MR) is 125 cm³/mol. The second kappa shape index (κ2) is 9.37. The van der Waals surface area contributed by atoms with Crippen LogP contribution in [0.4, 0.5) is 0 Å². The molecule has 0 saturated carbocycles. The summed E-state index contributed by atoms with van der Waals surface area (Å²) in [5.41, 5.74) is 4.04. The van der Waals surface area contributed by atoms with Crippen molar-refractivity contribution in [1.82, 2.24) is 15.2 Å². The van der Waals surface area contributed by atoms with Gasteiger partial charge in [-0.25, -0.2) is 4.98 Å². The molecule has 0 unspecified atom stereocenters. The number of piperidine rings is 1. The molecule has 5 rings (SSSR count). The van der Waals surface area contributed by atoms with Crippen molar-refractivity contribution in [1.29, 1.82) is 0 Å². The number of hydrogen-bond acceptors (Lipinski definition) is 4. The van der Waals surface area contributed by atoms with E-state index < -0.39 is 0 Å². The Hall–Kier alpha value is -3.44. The lowest BCUT2D eigenvalue weighted by Gasteiger charge is -2.31. The van der Waals surface area contributed by atoms with Crippen LogP contribution in [0.5, 0.6) is 0 Å². The predicted octanol–water partition coefficient (Wildman–Crippen LogP) is 4.91. The number of nitrogens with zero attached hydrogens (tertiary/aromatic N) is 2. The Morgan fingerprint density at radius 1 is 0.906 bits per heavy atom. The summed E-state index contributed by atoms with van der Waals surface area (Å²) in [6.45, 7) is 1.76. The van der Waals surface area contributed by atoms with E-state index in [1.54, 1.807) is 0 Å². The van der Waals surface area contributed by atoms with Crippen molar-refractivity contribution in [3.63, 3.8) is 0 Å². The summed E-state index contributed by atoms with van der Waals surface area (Å²) in [5, 5.41) is 3.49. The van der Waals surface area contributed by atoms with E-state index in [-0.39, 0.29) is 17.9 Å². The van der Waals surface area contributed by atoms with Crippen molar-refractivity contribution in [2.24, 2.45) is 0 Å². The molecule has 0 bridgehead atoms. The topological polar surface area (TPSA) is 58.4 Å². The molecular formula is C27H27N3O2. The number of oxazole rings is 1. The lowest BCUT2D eigenvalue weighted by atomic mass is 9.96. The first-order valence-corrected chi connectivity index (χ1v) is 11.2. The number of aromatic nitrogens is 1. The van der Waals surface area contributed by atoms with Gasteiger partial charge in [0.05, 0.1) is 12.6 Å². The Bertz CT molecular complexity index is 1090. The SMILES string of the molecule is O=C(CNC(c1ccccc1)c1ccccc1)N1CCC(c2nc3ccccc3o2)CC1. The Morgan fingerprint density at radius 2 is 1.50 bits per heavy atom. The molecule has 1 aromatic heterocycles. The molecule has 1 amide bonds. The summed E-state index contributed by atoms with van der Waals surface area (Å²) in [4.78, 5) is 19.6. The van der Waals surface area contributed by atoms with Crippen LogP contribution in [0.15, 0.2) is 89.3 Å². The summed E-state index contributed by atoms with van der Waals surface area (Å²) < 4.78 is 5.95. The minimum absolute atomic E-state index is 0.0152. The van der Waals surface area contributed by atoms with Gasteiger partial charge in [0.25, 0.3) is 0 Å². The van der Waals surface area contributed by atoms with Crippen LogP contribution >= 0.6 is 0 Å². The minimum atomic E-state index is -0.0152. The standard InChI is InChI=1S/C27H27N3O2/c31-25(19-28-26(20-9-3-1-4-10-20)21-11-5-2-6-12-21)30-17-15-22(16-18-30)27-29-23-13-7-8-14-24(23)32-27/h1-14,22,26,28H,15-19H2. The highest BCUT2D eigenvalue weighted by Crippen LogP contribution is 2.30. The van der Waals surface area contributed by atoms with Crippen LogP contribution in [0.1, 0.15) is 41.8 Å². The molecule has 0 radical (unpaired) electrons. The number of nitrogens with one attached hydrogen (secondary N) is 1. The van der Waals surface area contributed by atoms with Crippen molar-refractivity contribution in [3.05, 3.63) is 102 Å². The quantitative estimate of drug-likeness (QED) is 0.477. The molecule has 1 aliphatic rings. The van der Waals surface area contributed by atoms with Gasteiger partial charge < -0.3 is 9.32 Å². The summed E-state index contributed by atoms with van der Waals surface area (Å²) >= 11 is 0. The van der Waals surface area contributed by atoms with Crippen molar-refractivity contribution in [3.8, 4) is 0 Å². The lowest BCUT2D eigenvalue weighted by molar-refractivity contribution is -0.131. The van der Waals surface area contributed by atoms with Crippen LogP contribution in [0.25, 0.3) is 11.1 Å². The minimum Gasteiger partial charge on any atom is -0.440 e. The van der Waals surface area contributed by atoms with E-state index in [4.69, 9.17) is 4.42 Å². The molecule has 3 aromatic carbocycles. The first-order chi connectivity index (χ1) is 15.8. The average molecular weight is 426 g/mol. The zero-order valence-electron chi connectivity index (χ0n) is 18.0. The highest BCUT2D eigenvalue weighted by atomic mass is 16.3. The number of likely N-dealkylation sites (tertiary alicyclic amines) is 1. The zero-order valence-corrected chi connectivity index (χ0v) is 18.0. The summed E-state index contributed by atoms with van der Waals surface area (Å²) in [6.07, 6.45) is 1.75. The van der Waals surface area contributed by atoms with Gasteiger partial charge in [-0.1, -0.05) is 72.8 Å². The molecule has 1 aliphatic heterocycles. The number of amides is 1. The van der Waals surface area contributed by atoms with E-state index in [1.807, 2.05) is 65.6 Å². The molecule has 162 valence electrons. The van der Waals surface area contributed by atoms with E-state index in [2.05, 4.69) is 34.6 Å². The third kappa shape index (κ3) is 4.43. The molecule has 1 saturated heterocycles. The summed E-state index contributed by atoms with van der Waals surface area (Å²) in [7, 11) is 0. The molecule has 1 N–H and O–H groups in total. The van der Waals surface area contributed by atoms with Crippen LogP contribution in [0, 0.1) is 0 Å². The number of carbonyl (C=O) groups excluding carboxylic acids is 1. The second-order valence-electron chi connectivity index (χ2n) is 8.31. The van der Waals surface area contributed by atoms with Crippen LogP contribution in [0.3, 0.4) is 0 Å². The van der Waals surface area contributed by atoms with E-state index in [9.17, 15) is 4.79 Å². The Labute approximate surface area is 188 Å². The van der Waals surface area contributed by atoms with Gasteiger partial charge in [0.2, 0.25) is 5.91 Å². The molecule has 0 spiro atoms. The molecular weight excluding hydrogens is 398 g/mol. The summed E-state index contributed by atoms with van der Waals surface area (Å²) in [5.74, 6) is 1.20. The third-order valence-electron chi connectivity index (χ3n) is 6.23. The molecule has 0 aliphatic carbocycles. The second-order valence-corrected chi connectivity index (χ2v) is 8.31. The number of hydrogen-bond donors (Lipinski definition) is 1. The maximum Gasteiger partial charge on any atom is 0.236 e. The van der Waals surface area contributed by atoms with Gasteiger partial charge >= 0.3 is 0 Å². The first-order valence-electron chi connectivity index (χ1n) is 11.2. The first kappa shape index (κ1) is 20.5. The third-order valence-corrected chi connectivity index (χ3v) is 6.23. The van der Waals surface area contributed by atoms with Gasteiger partial charge in [0, 0.05) is 19.0 Å². The molecule has 1 fully saturated rings.